The molecular weight excluding hydrogens is 474 g/mol. The molecular formula is C24H20BrN3O2S. The highest BCUT2D eigenvalue weighted by molar-refractivity contribution is 9.10. The quantitative estimate of drug-likeness (QED) is 0.286. The van der Waals surface area contributed by atoms with Gasteiger partial charge < -0.3 is 5.32 Å². The van der Waals surface area contributed by atoms with Crippen LogP contribution >= 0.6 is 27.7 Å². The molecule has 1 amide bonds. The fraction of sp³-hybridized carbons (Fsp3) is 0.125. The molecule has 156 valence electrons. The Morgan fingerprint density at radius 1 is 0.968 bits per heavy atom. The molecule has 1 aromatic heterocycles. The Balaban J connectivity index is 1.55. The van der Waals surface area contributed by atoms with Gasteiger partial charge in [0.25, 0.3) is 5.56 Å². The molecule has 0 aliphatic heterocycles. The second-order valence-corrected chi connectivity index (χ2v) is 8.81. The topological polar surface area (TPSA) is 64.0 Å². The van der Waals surface area contributed by atoms with E-state index in [0.717, 1.165) is 15.7 Å². The van der Waals surface area contributed by atoms with Gasteiger partial charge in [0.05, 0.1) is 16.7 Å². The molecule has 4 aromatic rings. The number of para-hydroxylation sites is 1. The number of hydrogen-bond acceptors (Lipinski definition) is 4. The molecule has 1 heterocycles. The van der Waals surface area contributed by atoms with Gasteiger partial charge in [0.2, 0.25) is 5.91 Å². The van der Waals surface area contributed by atoms with Crippen molar-refractivity contribution < 1.29 is 4.79 Å². The molecule has 3 aromatic carbocycles. The first-order valence-electron chi connectivity index (χ1n) is 9.82. The zero-order valence-corrected chi connectivity index (χ0v) is 19.0. The van der Waals surface area contributed by atoms with Gasteiger partial charge in [-0.2, -0.15) is 0 Å². The van der Waals surface area contributed by atoms with Gasteiger partial charge in [-0.3, -0.25) is 14.2 Å². The maximum Gasteiger partial charge on any atom is 0.262 e. The molecule has 0 fully saturated rings. The molecule has 4 rings (SSSR count). The molecule has 0 bridgehead atoms. The summed E-state index contributed by atoms with van der Waals surface area (Å²) in [6.07, 6.45) is 0.708. The van der Waals surface area contributed by atoms with Crippen LogP contribution in [0.15, 0.2) is 93.3 Å². The van der Waals surface area contributed by atoms with Crippen LogP contribution in [0.25, 0.3) is 10.9 Å². The van der Waals surface area contributed by atoms with Gasteiger partial charge in [-0.15, -0.1) is 0 Å². The third-order valence-electron chi connectivity index (χ3n) is 4.75. The van der Waals surface area contributed by atoms with E-state index >= 15 is 0 Å². The van der Waals surface area contributed by atoms with Crippen LogP contribution in [0.2, 0.25) is 0 Å². The molecule has 0 unspecified atom stereocenters. The van der Waals surface area contributed by atoms with Crippen LogP contribution in [-0.4, -0.2) is 21.2 Å². The lowest BCUT2D eigenvalue weighted by molar-refractivity contribution is -0.113. The molecule has 0 saturated heterocycles. The van der Waals surface area contributed by atoms with E-state index in [9.17, 15) is 9.59 Å². The number of amides is 1. The largest absolute Gasteiger partial charge is 0.325 e. The molecule has 0 spiro atoms. The third kappa shape index (κ3) is 5.42. The Labute approximate surface area is 192 Å². The molecule has 0 saturated carbocycles. The summed E-state index contributed by atoms with van der Waals surface area (Å²) < 4.78 is 2.62. The summed E-state index contributed by atoms with van der Waals surface area (Å²) in [4.78, 5) is 30.3. The van der Waals surface area contributed by atoms with E-state index in [1.54, 1.807) is 10.6 Å². The number of aromatic nitrogens is 2. The highest BCUT2D eigenvalue weighted by Gasteiger charge is 2.13. The number of benzene rings is 3. The summed E-state index contributed by atoms with van der Waals surface area (Å²) in [6.45, 7) is 0.497. The highest BCUT2D eigenvalue weighted by Crippen LogP contribution is 2.20. The van der Waals surface area contributed by atoms with Crippen LogP contribution < -0.4 is 10.9 Å². The van der Waals surface area contributed by atoms with Crippen molar-refractivity contribution in [1.82, 2.24) is 9.55 Å². The number of anilines is 1. The average Bonchev–Trinajstić information content (AvgIpc) is 2.79. The molecule has 0 radical (unpaired) electrons. The van der Waals surface area contributed by atoms with E-state index in [-0.39, 0.29) is 17.2 Å². The summed E-state index contributed by atoms with van der Waals surface area (Å²) in [7, 11) is 0. The van der Waals surface area contributed by atoms with Crippen LogP contribution in [0, 0.1) is 0 Å². The lowest BCUT2D eigenvalue weighted by Gasteiger charge is -2.13. The molecule has 0 aliphatic carbocycles. The Hall–Kier alpha value is -2.90. The Morgan fingerprint density at radius 2 is 1.68 bits per heavy atom. The maximum absolute atomic E-state index is 13.1. The zero-order chi connectivity index (χ0) is 21.6. The minimum Gasteiger partial charge on any atom is -0.325 e. The van der Waals surface area contributed by atoms with Crippen molar-refractivity contribution in [3.8, 4) is 0 Å². The number of hydrogen-bond donors (Lipinski definition) is 1. The maximum atomic E-state index is 13.1. The smallest absolute Gasteiger partial charge is 0.262 e. The van der Waals surface area contributed by atoms with E-state index < -0.39 is 0 Å². The first kappa shape index (κ1) is 21.3. The molecule has 31 heavy (non-hydrogen) atoms. The number of nitrogens with zero attached hydrogens (tertiary/aromatic N) is 2. The summed E-state index contributed by atoms with van der Waals surface area (Å²) in [5.74, 6) is 0.0102. The fourth-order valence-corrected chi connectivity index (χ4v) is 4.29. The second kappa shape index (κ2) is 9.94. The van der Waals surface area contributed by atoms with Gasteiger partial charge in [0.1, 0.15) is 0 Å². The number of halogens is 1. The first-order chi connectivity index (χ1) is 15.1. The van der Waals surface area contributed by atoms with Crippen molar-refractivity contribution in [2.75, 3.05) is 11.1 Å². The minimum absolute atomic E-state index is 0.0858. The number of aryl methyl sites for hydroxylation is 1. The van der Waals surface area contributed by atoms with Crippen LogP contribution in [0.4, 0.5) is 5.69 Å². The summed E-state index contributed by atoms with van der Waals surface area (Å²) >= 11 is 4.65. The van der Waals surface area contributed by atoms with Crippen LogP contribution in [0.5, 0.6) is 0 Å². The number of thioether (sulfide) groups is 1. The highest BCUT2D eigenvalue weighted by atomic mass is 79.9. The minimum atomic E-state index is -0.149. The van der Waals surface area contributed by atoms with Crippen molar-refractivity contribution in [2.24, 2.45) is 0 Å². The Morgan fingerprint density at radius 3 is 2.45 bits per heavy atom. The van der Waals surface area contributed by atoms with Gasteiger partial charge in [-0.1, -0.05) is 70.2 Å². The third-order valence-corrected chi connectivity index (χ3v) is 6.26. The fourth-order valence-electron chi connectivity index (χ4n) is 3.20. The number of carbonyl (C=O) groups is 1. The molecule has 1 N–H and O–H groups in total. The zero-order valence-electron chi connectivity index (χ0n) is 16.6. The molecule has 0 atom stereocenters. The van der Waals surface area contributed by atoms with E-state index in [4.69, 9.17) is 0 Å². The lowest BCUT2D eigenvalue weighted by Crippen LogP contribution is -2.25. The number of nitrogens with one attached hydrogen (secondary N) is 1. The van der Waals surface area contributed by atoms with Crippen LogP contribution in [0.3, 0.4) is 0 Å². The standard InChI is InChI=1S/C24H20BrN3O2S/c25-18-10-12-19(13-11-18)26-22(29)16-31-24-27-21-9-5-4-8-20(21)23(30)28(24)15-14-17-6-2-1-3-7-17/h1-13H,14-16H2,(H,26,29). The summed E-state index contributed by atoms with van der Waals surface area (Å²) in [5.41, 5.74) is 2.42. The van der Waals surface area contributed by atoms with Crippen molar-refractivity contribution in [1.29, 1.82) is 0 Å². The normalized spacial score (nSPS) is 10.9. The van der Waals surface area contributed by atoms with Gasteiger partial charge in [0.15, 0.2) is 5.16 Å². The SMILES string of the molecule is O=C(CSc1nc2ccccc2c(=O)n1CCc1ccccc1)Nc1ccc(Br)cc1. The predicted molar refractivity (Wildman–Crippen MR) is 130 cm³/mol. The monoisotopic (exact) mass is 493 g/mol. The average molecular weight is 494 g/mol. The van der Waals surface area contributed by atoms with Crippen LogP contribution in [-0.2, 0) is 17.8 Å². The van der Waals surface area contributed by atoms with E-state index in [2.05, 4.69) is 26.2 Å². The van der Waals surface area contributed by atoms with Gasteiger partial charge in [-0.25, -0.2) is 4.98 Å². The lowest BCUT2D eigenvalue weighted by atomic mass is 10.1. The molecule has 0 aliphatic rings. The second-order valence-electron chi connectivity index (χ2n) is 6.95. The number of fused-ring (bicyclic) bond motifs is 1. The van der Waals surface area contributed by atoms with Crippen molar-refractivity contribution in [3.63, 3.8) is 0 Å². The molecule has 7 heteroatoms. The van der Waals surface area contributed by atoms with E-state index in [1.165, 1.54) is 11.8 Å². The summed E-state index contributed by atoms with van der Waals surface area (Å²) in [5, 5.41) is 4.00. The summed E-state index contributed by atoms with van der Waals surface area (Å²) in [6, 6.07) is 24.7. The van der Waals surface area contributed by atoms with E-state index in [0.29, 0.717) is 29.0 Å². The van der Waals surface area contributed by atoms with Crippen LogP contribution in [0.1, 0.15) is 5.56 Å². The Kier molecular flexibility index (Phi) is 6.84. The van der Waals surface area contributed by atoms with Crippen molar-refractivity contribution in [2.45, 2.75) is 18.1 Å². The predicted octanol–water partition coefficient (Wildman–Crippen LogP) is 5.13. The number of rotatable bonds is 7. The van der Waals surface area contributed by atoms with Gasteiger partial charge >= 0.3 is 0 Å². The van der Waals surface area contributed by atoms with Gasteiger partial charge in [-0.05, 0) is 48.4 Å². The van der Waals surface area contributed by atoms with Crippen molar-refractivity contribution >= 4 is 50.2 Å². The molecule has 5 nitrogen and oxygen atoms in total. The Bertz CT molecular complexity index is 1260. The van der Waals surface area contributed by atoms with Gasteiger partial charge in [0, 0.05) is 16.7 Å². The number of carbonyl (C=O) groups excluding carboxylic acids is 1. The first-order valence-corrected chi connectivity index (χ1v) is 11.6. The van der Waals surface area contributed by atoms with Crippen molar-refractivity contribution in [3.05, 3.63) is 99.3 Å². The van der Waals surface area contributed by atoms with E-state index in [1.807, 2.05) is 72.8 Å².